The summed E-state index contributed by atoms with van der Waals surface area (Å²) in [4.78, 5) is 11.9. The van der Waals surface area contributed by atoms with Crippen molar-refractivity contribution in [2.75, 3.05) is 12.8 Å². The van der Waals surface area contributed by atoms with E-state index in [0.717, 1.165) is 18.2 Å². The zero-order chi connectivity index (χ0) is 15.4. The van der Waals surface area contributed by atoms with Gasteiger partial charge in [-0.25, -0.2) is 13.6 Å². The molecule has 0 heterocycles. The van der Waals surface area contributed by atoms with Gasteiger partial charge < -0.3 is 15.2 Å². The van der Waals surface area contributed by atoms with Crippen LogP contribution in [0.3, 0.4) is 0 Å². The maximum absolute atomic E-state index is 13.4. The first-order valence-corrected chi connectivity index (χ1v) is 6.06. The average molecular weight is 293 g/mol. The zero-order valence-electron chi connectivity index (χ0n) is 11.2. The first-order chi connectivity index (χ1) is 10.0. The predicted octanol–water partition coefficient (Wildman–Crippen LogP) is 2.91. The van der Waals surface area contributed by atoms with Crippen LogP contribution in [0.25, 0.3) is 0 Å². The van der Waals surface area contributed by atoms with Crippen LogP contribution in [0.4, 0.5) is 14.5 Å². The van der Waals surface area contributed by atoms with Crippen LogP contribution in [-0.4, -0.2) is 13.1 Å². The summed E-state index contributed by atoms with van der Waals surface area (Å²) in [5.41, 5.74) is 6.12. The Morgan fingerprint density at radius 3 is 2.67 bits per heavy atom. The Labute approximate surface area is 120 Å². The van der Waals surface area contributed by atoms with Crippen LogP contribution in [0.5, 0.6) is 5.75 Å². The van der Waals surface area contributed by atoms with E-state index in [0.29, 0.717) is 5.69 Å². The molecule has 2 aromatic carbocycles. The molecule has 0 spiro atoms. The average Bonchev–Trinajstić information content (AvgIpc) is 2.47. The molecule has 4 nitrogen and oxygen atoms in total. The highest BCUT2D eigenvalue weighted by atomic mass is 19.1. The number of carbonyl (C=O) groups is 1. The summed E-state index contributed by atoms with van der Waals surface area (Å²) in [6, 6.07) is 7.37. The molecule has 0 unspecified atom stereocenters. The Morgan fingerprint density at radius 1 is 1.19 bits per heavy atom. The fourth-order valence-corrected chi connectivity index (χ4v) is 1.75. The lowest BCUT2D eigenvalue weighted by Gasteiger charge is -2.10. The van der Waals surface area contributed by atoms with E-state index in [1.807, 2.05) is 0 Å². The Balaban J connectivity index is 2.13. The maximum atomic E-state index is 13.4. The number of methoxy groups -OCH3 is 1. The summed E-state index contributed by atoms with van der Waals surface area (Å²) in [5.74, 6) is -1.71. The van der Waals surface area contributed by atoms with Crippen molar-refractivity contribution in [1.82, 2.24) is 0 Å². The van der Waals surface area contributed by atoms with Crippen LogP contribution in [0.1, 0.15) is 15.9 Å². The molecule has 0 atom stereocenters. The molecule has 2 aromatic rings. The van der Waals surface area contributed by atoms with Crippen LogP contribution < -0.4 is 10.5 Å². The van der Waals surface area contributed by atoms with E-state index >= 15 is 0 Å². The number of nitrogens with two attached hydrogens (primary N) is 1. The highest BCUT2D eigenvalue weighted by Gasteiger charge is 2.15. The van der Waals surface area contributed by atoms with Crippen molar-refractivity contribution in [3.05, 3.63) is 59.2 Å². The summed E-state index contributed by atoms with van der Waals surface area (Å²) in [7, 11) is 1.39. The van der Waals surface area contributed by atoms with Crippen LogP contribution in [0.2, 0.25) is 0 Å². The van der Waals surface area contributed by atoms with Crippen molar-refractivity contribution >= 4 is 11.7 Å². The van der Waals surface area contributed by atoms with E-state index in [4.69, 9.17) is 15.2 Å². The van der Waals surface area contributed by atoms with Crippen molar-refractivity contribution < 1.29 is 23.0 Å². The second kappa shape index (κ2) is 6.21. The van der Waals surface area contributed by atoms with Gasteiger partial charge in [0.15, 0.2) is 0 Å². The molecule has 0 bridgehead atoms. The lowest BCUT2D eigenvalue weighted by molar-refractivity contribution is 0.0465. The zero-order valence-corrected chi connectivity index (χ0v) is 11.2. The third kappa shape index (κ3) is 3.47. The molecule has 0 saturated heterocycles. The van der Waals surface area contributed by atoms with Crippen molar-refractivity contribution in [1.29, 1.82) is 0 Å². The van der Waals surface area contributed by atoms with Gasteiger partial charge in [0.05, 0.1) is 7.11 Å². The molecule has 0 fully saturated rings. The molecule has 0 amide bonds. The van der Waals surface area contributed by atoms with Gasteiger partial charge in [-0.15, -0.1) is 0 Å². The third-order valence-corrected chi connectivity index (χ3v) is 2.81. The standard InChI is InChI=1S/C15H13F2NO3/c1-20-14-7-11(18)3-4-12(14)15(19)21-8-9-6-10(16)2-5-13(9)17/h2-7H,8,18H2,1H3. The monoisotopic (exact) mass is 293 g/mol. The number of ether oxygens (including phenoxy) is 2. The minimum atomic E-state index is -0.712. The first kappa shape index (κ1) is 14.8. The van der Waals surface area contributed by atoms with E-state index in [2.05, 4.69) is 0 Å². The second-order valence-electron chi connectivity index (χ2n) is 4.27. The number of rotatable bonds is 4. The summed E-state index contributed by atoms with van der Waals surface area (Å²) in [6.07, 6.45) is 0. The van der Waals surface area contributed by atoms with Gasteiger partial charge in [0.1, 0.15) is 29.6 Å². The molecule has 6 heteroatoms. The molecule has 110 valence electrons. The van der Waals surface area contributed by atoms with Gasteiger partial charge in [0, 0.05) is 17.3 Å². The van der Waals surface area contributed by atoms with Gasteiger partial charge in [0.2, 0.25) is 0 Å². The van der Waals surface area contributed by atoms with Gasteiger partial charge in [-0.05, 0) is 30.3 Å². The molecule has 0 radical (unpaired) electrons. The number of benzene rings is 2. The predicted molar refractivity (Wildman–Crippen MR) is 72.9 cm³/mol. The van der Waals surface area contributed by atoms with Crippen molar-refractivity contribution in [2.24, 2.45) is 0 Å². The second-order valence-corrected chi connectivity index (χ2v) is 4.27. The Morgan fingerprint density at radius 2 is 1.95 bits per heavy atom. The molecule has 2 N–H and O–H groups in total. The number of esters is 1. The smallest absolute Gasteiger partial charge is 0.342 e. The molecule has 0 aliphatic rings. The van der Waals surface area contributed by atoms with Gasteiger partial charge in [-0.2, -0.15) is 0 Å². The van der Waals surface area contributed by atoms with E-state index < -0.39 is 17.6 Å². The quantitative estimate of drug-likeness (QED) is 0.695. The fourth-order valence-electron chi connectivity index (χ4n) is 1.75. The van der Waals surface area contributed by atoms with E-state index in [1.54, 1.807) is 0 Å². The summed E-state index contributed by atoms with van der Waals surface area (Å²) >= 11 is 0. The molecule has 0 aliphatic carbocycles. The lowest BCUT2D eigenvalue weighted by Crippen LogP contribution is -2.08. The van der Waals surface area contributed by atoms with Crippen LogP contribution in [0.15, 0.2) is 36.4 Å². The number of halogens is 2. The SMILES string of the molecule is COc1cc(N)ccc1C(=O)OCc1cc(F)ccc1F. The van der Waals surface area contributed by atoms with E-state index in [-0.39, 0.29) is 23.5 Å². The molecule has 0 aromatic heterocycles. The summed E-state index contributed by atoms with van der Waals surface area (Å²) in [6.45, 7) is -0.379. The number of hydrogen-bond donors (Lipinski definition) is 1. The first-order valence-electron chi connectivity index (χ1n) is 6.06. The Hall–Kier alpha value is -2.63. The van der Waals surface area contributed by atoms with E-state index in [9.17, 15) is 13.6 Å². The van der Waals surface area contributed by atoms with Crippen LogP contribution >= 0.6 is 0 Å². The van der Waals surface area contributed by atoms with Crippen molar-refractivity contribution in [3.8, 4) is 5.75 Å². The third-order valence-electron chi connectivity index (χ3n) is 2.81. The Bertz CT molecular complexity index is 674. The normalized spacial score (nSPS) is 10.2. The number of nitrogen functional groups attached to an aromatic ring is 1. The highest BCUT2D eigenvalue weighted by Crippen LogP contribution is 2.23. The Kier molecular flexibility index (Phi) is 4.37. The van der Waals surface area contributed by atoms with Crippen molar-refractivity contribution in [3.63, 3.8) is 0 Å². The molecule has 0 saturated carbocycles. The van der Waals surface area contributed by atoms with Gasteiger partial charge in [-0.3, -0.25) is 0 Å². The summed E-state index contributed by atoms with van der Waals surface area (Å²) in [5, 5.41) is 0. The minimum absolute atomic E-state index is 0.0437. The minimum Gasteiger partial charge on any atom is -0.496 e. The topological polar surface area (TPSA) is 61.5 Å². The van der Waals surface area contributed by atoms with Gasteiger partial charge in [-0.1, -0.05) is 0 Å². The largest absolute Gasteiger partial charge is 0.496 e. The molecule has 0 aliphatic heterocycles. The number of carbonyl (C=O) groups excluding carboxylic acids is 1. The summed E-state index contributed by atoms with van der Waals surface area (Å²) < 4.78 is 36.4. The maximum Gasteiger partial charge on any atom is 0.342 e. The number of anilines is 1. The highest BCUT2D eigenvalue weighted by molar-refractivity contribution is 5.93. The van der Waals surface area contributed by atoms with Gasteiger partial charge >= 0.3 is 5.97 Å². The molecule has 2 rings (SSSR count). The van der Waals surface area contributed by atoms with Gasteiger partial charge in [0.25, 0.3) is 0 Å². The van der Waals surface area contributed by atoms with Crippen molar-refractivity contribution in [2.45, 2.75) is 6.61 Å². The lowest BCUT2D eigenvalue weighted by atomic mass is 10.2. The number of hydrogen-bond acceptors (Lipinski definition) is 4. The van der Waals surface area contributed by atoms with Crippen LogP contribution in [-0.2, 0) is 11.3 Å². The van der Waals surface area contributed by atoms with E-state index in [1.165, 1.54) is 25.3 Å². The van der Waals surface area contributed by atoms with Crippen LogP contribution in [0, 0.1) is 11.6 Å². The molecule has 21 heavy (non-hydrogen) atoms. The molecular weight excluding hydrogens is 280 g/mol. The fraction of sp³-hybridized carbons (Fsp3) is 0.133. The molecular formula is C15H13F2NO3.